The summed E-state index contributed by atoms with van der Waals surface area (Å²) in [5, 5.41) is 0. The van der Waals surface area contributed by atoms with Crippen molar-refractivity contribution >= 4 is 5.78 Å². The van der Waals surface area contributed by atoms with E-state index in [1.54, 1.807) is 18.3 Å². The van der Waals surface area contributed by atoms with Gasteiger partial charge in [0.1, 0.15) is 11.4 Å². The van der Waals surface area contributed by atoms with Gasteiger partial charge in [0.2, 0.25) is 5.78 Å². The van der Waals surface area contributed by atoms with Crippen LogP contribution < -0.4 is 4.74 Å². The molecule has 0 aliphatic heterocycles. The van der Waals surface area contributed by atoms with Gasteiger partial charge in [-0.2, -0.15) is 0 Å². The second kappa shape index (κ2) is 6.33. The second-order valence-corrected chi connectivity index (χ2v) is 4.88. The van der Waals surface area contributed by atoms with Crippen LogP contribution >= 0.6 is 0 Å². The van der Waals surface area contributed by atoms with Crippen molar-refractivity contribution in [2.24, 2.45) is 0 Å². The molecule has 0 amide bonds. The summed E-state index contributed by atoms with van der Waals surface area (Å²) in [6, 6.07) is 9.19. The molecule has 1 heterocycles. The van der Waals surface area contributed by atoms with Crippen molar-refractivity contribution in [2.45, 2.75) is 27.2 Å². The van der Waals surface area contributed by atoms with Crippen molar-refractivity contribution in [1.82, 2.24) is 4.98 Å². The van der Waals surface area contributed by atoms with E-state index in [-0.39, 0.29) is 5.78 Å². The Morgan fingerprint density at radius 3 is 2.50 bits per heavy atom. The first-order valence-corrected chi connectivity index (χ1v) is 6.82. The highest BCUT2D eigenvalue weighted by Crippen LogP contribution is 2.17. The molecule has 104 valence electrons. The van der Waals surface area contributed by atoms with Crippen molar-refractivity contribution < 1.29 is 9.53 Å². The summed E-state index contributed by atoms with van der Waals surface area (Å²) in [6.45, 7) is 6.62. The van der Waals surface area contributed by atoms with E-state index < -0.39 is 0 Å². The Bertz CT molecular complexity index is 603. The summed E-state index contributed by atoms with van der Waals surface area (Å²) < 4.78 is 5.51. The number of aromatic nitrogens is 1. The summed E-state index contributed by atoms with van der Waals surface area (Å²) in [4.78, 5) is 16.6. The summed E-state index contributed by atoms with van der Waals surface area (Å²) in [5.41, 5.74) is 3.11. The molecule has 1 aromatic carbocycles. The number of rotatable bonds is 5. The van der Waals surface area contributed by atoms with Crippen molar-refractivity contribution in [1.29, 1.82) is 0 Å². The molecule has 0 saturated carbocycles. The predicted octanol–water partition coefficient (Wildman–Crippen LogP) is 3.72. The average molecular weight is 269 g/mol. The molecule has 0 unspecified atom stereocenters. The van der Waals surface area contributed by atoms with Crippen LogP contribution in [0, 0.1) is 13.8 Å². The lowest BCUT2D eigenvalue weighted by molar-refractivity contribution is 0.103. The van der Waals surface area contributed by atoms with Gasteiger partial charge in [-0.3, -0.25) is 9.78 Å². The van der Waals surface area contributed by atoms with E-state index in [1.807, 2.05) is 32.0 Å². The Balaban J connectivity index is 2.20. The molecule has 0 N–H and O–H groups in total. The van der Waals surface area contributed by atoms with Gasteiger partial charge in [0.05, 0.1) is 6.61 Å². The lowest BCUT2D eigenvalue weighted by Gasteiger charge is -2.07. The van der Waals surface area contributed by atoms with Crippen LogP contribution in [0.15, 0.2) is 36.5 Å². The first-order chi connectivity index (χ1) is 9.61. The van der Waals surface area contributed by atoms with Gasteiger partial charge in [0, 0.05) is 11.8 Å². The molecule has 0 saturated heterocycles. The molecule has 20 heavy (non-hydrogen) atoms. The van der Waals surface area contributed by atoms with Crippen LogP contribution in [0.2, 0.25) is 0 Å². The van der Waals surface area contributed by atoms with Crippen LogP contribution in [0.1, 0.15) is 40.5 Å². The Hall–Kier alpha value is -2.16. The molecule has 0 radical (unpaired) electrons. The minimum atomic E-state index is -0.0514. The third-order valence-corrected chi connectivity index (χ3v) is 3.02. The zero-order valence-electron chi connectivity index (χ0n) is 12.1. The number of ketones is 1. The molecule has 0 aliphatic rings. The molecular weight excluding hydrogens is 250 g/mol. The SMILES string of the molecule is CCCOc1ccc(C(=O)c2ncc(C)cc2C)cc1. The van der Waals surface area contributed by atoms with Crippen LogP contribution in [0.3, 0.4) is 0 Å². The number of hydrogen-bond acceptors (Lipinski definition) is 3. The number of hydrogen-bond donors (Lipinski definition) is 0. The van der Waals surface area contributed by atoms with Crippen LogP contribution in [0.5, 0.6) is 5.75 Å². The van der Waals surface area contributed by atoms with Crippen molar-refractivity contribution in [3.63, 3.8) is 0 Å². The van der Waals surface area contributed by atoms with Gasteiger partial charge in [-0.15, -0.1) is 0 Å². The summed E-state index contributed by atoms with van der Waals surface area (Å²) >= 11 is 0. The number of ether oxygens (including phenoxy) is 1. The zero-order chi connectivity index (χ0) is 14.5. The summed E-state index contributed by atoms with van der Waals surface area (Å²) in [6.07, 6.45) is 2.69. The highest BCUT2D eigenvalue weighted by Gasteiger charge is 2.13. The normalized spacial score (nSPS) is 10.3. The molecule has 3 heteroatoms. The highest BCUT2D eigenvalue weighted by molar-refractivity contribution is 6.08. The van der Waals surface area contributed by atoms with Crippen molar-refractivity contribution in [3.05, 3.63) is 58.9 Å². The molecule has 1 aromatic heterocycles. The average Bonchev–Trinajstić information content (AvgIpc) is 2.45. The Kier molecular flexibility index (Phi) is 4.51. The zero-order valence-corrected chi connectivity index (χ0v) is 12.1. The van der Waals surface area contributed by atoms with Crippen molar-refractivity contribution in [2.75, 3.05) is 6.61 Å². The van der Waals surface area contributed by atoms with E-state index >= 15 is 0 Å². The van der Waals surface area contributed by atoms with E-state index in [9.17, 15) is 4.79 Å². The van der Waals surface area contributed by atoms with Crippen molar-refractivity contribution in [3.8, 4) is 5.75 Å². The monoisotopic (exact) mass is 269 g/mol. The van der Waals surface area contributed by atoms with Gasteiger partial charge in [-0.05, 0) is 55.7 Å². The molecule has 0 atom stereocenters. The summed E-state index contributed by atoms with van der Waals surface area (Å²) in [5.74, 6) is 0.738. The predicted molar refractivity (Wildman–Crippen MR) is 79.4 cm³/mol. The smallest absolute Gasteiger partial charge is 0.211 e. The number of carbonyl (C=O) groups excluding carboxylic acids is 1. The molecule has 3 nitrogen and oxygen atoms in total. The van der Waals surface area contributed by atoms with E-state index in [1.165, 1.54) is 0 Å². The molecule has 0 bridgehead atoms. The van der Waals surface area contributed by atoms with Gasteiger partial charge in [0.25, 0.3) is 0 Å². The summed E-state index contributed by atoms with van der Waals surface area (Å²) in [7, 11) is 0. The maximum absolute atomic E-state index is 12.4. The van der Waals surface area contributed by atoms with Gasteiger partial charge in [0.15, 0.2) is 0 Å². The lowest BCUT2D eigenvalue weighted by Crippen LogP contribution is -2.07. The first kappa shape index (κ1) is 14.3. The fourth-order valence-electron chi connectivity index (χ4n) is 2.01. The van der Waals surface area contributed by atoms with Crippen LogP contribution in [0.4, 0.5) is 0 Å². The number of pyridine rings is 1. The van der Waals surface area contributed by atoms with E-state index in [0.717, 1.165) is 23.3 Å². The largest absolute Gasteiger partial charge is 0.494 e. The number of carbonyl (C=O) groups is 1. The van der Waals surface area contributed by atoms with Crippen LogP contribution in [0.25, 0.3) is 0 Å². The van der Waals surface area contributed by atoms with Gasteiger partial charge in [-0.25, -0.2) is 0 Å². The third-order valence-electron chi connectivity index (χ3n) is 3.02. The standard InChI is InChI=1S/C17H19NO2/c1-4-9-20-15-7-5-14(6-8-15)17(19)16-13(3)10-12(2)11-18-16/h5-8,10-11H,4,9H2,1-3H3. The molecular formula is C17H19NO2. The molecule has 2 rings (SSSR count). The van der Waals surface area contributed by atoms with E-state index in [4.69, 9.17) is 4.74 Å². The highest BCUT2D eigenvalue weighted by atomic mass is 16.5. The Morgan fingerprint density at radius 1 is 1.20 bits per heavy atom. The third kappa shape index (κ3) is 3.23. The molecule has 0 spiro atoms. The number of aryl methyl sites for hydroxylation is 2. The van der Waals surface area contributed by atoms with Gasteiger partial charge < -0.3 is 4.74 Å². The second-order valence-electron chi connectivity index (χ2n) is 4.88. The van der Waals surface area contributed by atoms with E-state index in [2.05, 4.69) is 11.9 Å². The molecule has 0 aliphatic carbocycles. The minimum Gasteiger partial charge on any atom is -0.494 e. The van der Waals surface area contributed by atoms with Crippen LogP contribution in [-0.2, 0) is 0 Å². The quantitative estimate of drug-likeness (QED) is 0.777. The fraction of sp³-hybridized carbons (Fsp3) is 0.294. The Morgan fingerprint density at radius 2 is 1.90 bits per heavy atom. The van der Waals surface area contributed by atoms with Gasteiger partial charge >= 0.3 is 0 Å². The minimum absolute atomic E-state index is 0.0514. The molecule has 0 fully saturated rings. The van der Waals surface area contributed by atoms with E-state index in [0.29, 0.717) is 17.9 Å². The fourth-order valence-corrected chi connectivity index (χ4v) is 2.01. The van der Waals surface area contributed by atoms with Gasteiger partial charge in [-0.1, -0.05) is 13.0 Å². The lowest BCUT2D eigenvalue weighted by atomic mass is 10.0. The first-order valence-electron chi connectivity index (χ1n) is 6.82. The topological polar surface area (TPSA) is 39.2 Å². The number of benzene rings is 1. The number of nitrogens with zero attached hydrogens (tertiary/aromatic N) is 1. The Labute approximate surface area is 119 Å². The maximum atomic E-state index is 12.4. The van der Waals surface area contributed by atoms with Crippen LogP contribution in [-0.4, -0.2) is 17.4 Å². The maximum Gasteiger partial charge on any atom is 0.211 e. The molecule has 2 aromatic rings.